The highest BCUT2D eigenvalue weighted by Crippen LogP contribution is 2.34. The van der Waals surface area contributed by atoms with Crippen molar-refractivity contribution in [1.29, 1.82) is 0 Å². The summed E-state index contributed by atoms with van der Waals surface area (Å²) in [5, 5.41) is 12.7. The summed E-state index contributed by atoms with van der Waals surface area (Å²) < 4.78 is 13.4. The molecular weight excluding hydrogens is 311 g/mol. The lowest BCUT2D eigenvalue weighted by atomic mass is 9.90. The molecule has 1 nitrogen and oxygen atoms in total. The summed E-state index contributed by atoms with van der Waals surface area (Å²) in [6.45, 7) is 18.5. The largest absolute Gasteiger partial charge is 0.384 e. The van der Waals surface area contributed by atoms with Crippen LogP contribution in [0.5, 0.6) is 0 Å². The van der Waals surface area contributed by atoms with Crippen LogP contribution in [0, 0.1) is 6.92 Å². The Balaban J connectivity index is 0.00000134. The van der Waals surface area contributed by atoms with Crippen LogP contribution in [0.2, 0.25) is 0 Å². The van der Waals surface area contributed by atoms with Gasteiger partial charge in [-0.25, -0.2) is 4.39 Å². The van der Waals surface area contributed by atoms with Crippen LogP contribution >= 0.6 is 0 Å². The third-order valence-corrected chi connectivity index (χ3v) is 3.82. The topological polar surface area (TPSA) is 20.2 Å². The minimum absolute atomic E-state index is 0.324. The van der Waals surface area contributed by atoms with Gasteiger partial charge in [-0.3, -0.25) is 0 Å². The monoisotopic (exact) mass is 342 g/mol. The van der Waals surface area contributed by atoms with Crippen LogP contribution in [0.1, 0.15) is 51.8 Å². The second-order valence-electron chi connectivity index (χ2n) is 5.11. The standard InChI is InChI=1S/C19H19FO.2C2H6/c1-5-16(13(3)14(4)20)19(21)18-12(2)10-11-15-8-6-7-9-17(15)18;2*1-2/h5-11,19,21H,1,4H2,2-3H3;2*1-2H3/b16-13+;;. The summed E-state index contributed by atoms with van der Waals surface area (Å²) in [7, 11) is 0. The highest BCUT2D eigenvalue weighted by Gasteiger charge is 2.19. The molecule has 0 heterocycles. The van der Waals surface area contributed by atoms with Gasteiger partial charge in [0.05, 0.1) is 0 Å². The Morgan fingerprint density at radius 3 is 2.16 bits per heavy atom. The average Bonchev–Trinajstić information content (AvgIpc) is 2.65. The van der Waals surface area contributed by atoms with Crippen LogP contribution in [0.15, 0.2) is 72.6 Å². The van der Waals surface area contributed by atoms with Crippen LogP contribution in [0.3, 0.4) is 0 Å². The minimum Gasteiger partial charge on any atom is -0.384 e. The summed E-state index contributed by atoms with van der Waals surface area (Å²) in [5.74, 6) is -0.554. The highest BCUT2D eigenvalue weighted by atomic mass is 19.1. The SMILES string of the molecule is C=C/C(=C(/C)C(=C)F)C(O)c1c(C)ccc2ccccc12.CC.CC. The van der Waals surface area contributed by atoms with Crippen molar-refractivity contribution in [3.05, 3.63) is 83.7 Å². The van der Waals surface area contributed by atoms with Gasteiger partial charge in [0.2, 0.25) is 0 Å². The maximum Gasteiger partial charge on any atom is 0.119 e. The van der Waals surface area contributed by atoms with Crippen molar-refractivity contribution in [2.75, 3.05) is 0 Å². The first-order chi connectivity index (χ1) is 12.0. The van der Waals surface area contributed by atoms with Crippen LogP contribution < -0.4 is 0 Å². The maximum atomic E-state index is 13.4. The van der Waals surface area contributed by atoms with Gasteiger partial charge in [-0.1, -0.05) is 83.3 Å². The van der Waals surface area contributed by atoms with E-state index in [1.165, 1.54) is 6.08 Å². The van der Waals surface area contributed by atoms with E-state index in [1.54, 1.807) is 6.92 Å². The van der Waals surface area contributed by atoms with Gasteiger partial charge in [0.25, 0.3) is 0 Å². The van der Waals surface area contributed by atoms with Crippen LogP contribution in [-0.2, 0) is 0 Å². The molecule has 0 aliphatic rings. The molecule has 0 fully saturated rings. The fourth-order valence-electron chi connectivity index (χ4n) is 2.55. The van der Waals surface area contributed by atoms with E-state index in [1.807, 2.05) is 71.0 Å². The predicted octanol–water partition coefficient (Wildman–Crippen LogP) is 7.22. The zero-order chi connectivity index (χ0) is 19.6. The van der Waals surface area contributed by atoms with E-state index >= 15 is 0 Å². The number of hydrogen-bond donors (Lipinski definition) is 1. The number of allylic oxidation sites excluding steroid dienone is 2. The molecule has 0 aliphatic carbocycles. The molecule has 1 N–H and O–H groups in total. The van der Waals surface area contributed by atoms with Crippen molar-refractivity contribution >= 4 is 10.8 Å². The number of aryl methyl sites for hydroxylation is 1. The van der Waals surface area contributed by atoms with E-state index in [0.717, 1.165) is 21.9 Å². The molecule has 0 amide bonds. The molecule has 136 valence electrons. The quantitative estimate of drug-likeness (QED) is 0.581. The Hall–Kier alpha value is -2.19. The molecule has 0 aliphatic heterocycles. The first-order valence-electron chi connectivity index (χ1n) is 8.81. The molecular formula is C23H31FO. The average molecular weight is 342 g/mol. The van der Waals surface area contributed by atoms with Gasteiger partial charge in [0, 0.05) is 0 Å². The Bertz CT molecular complexity index is 741. The summed E-state index contributed by atoms with van der Waals surface area (Å²) in [6.07, 6.45) is 0.562. The summed E-state index contributed by atoms with van der Waals surface area (Å²) in [6, 6.07) is 11.8. The van der Waals surface area contributed by atoms with Gasteiger partial charge >= 0.3 is 0 Å². The molecule has 1 atom stereocenters. The third kappa shape index (κ3) is 5.40. The second-order valence-corrected chi connectivity index (χ2v) is 5.11. The van der Waals surface area contributed by atoms with Crippen molar-refractivity contribution in [3.8, 4) is 0 Å². The van der Waals surface area contributed by atoms with E-state index < -0.39 is 11.9 Å². The van der Waals surface area contributed by atoms with Gasteiger partial charge in [-0.05, 0) is 46.9 Å². The second kappa shape index (κ2) is 11.4. The molecule has 1 unspecified atom stereocenters. The lowest BCUT2D eigenvalue weighted by Crippen LogP contribution is -2.05. The maximum absolute atomic E-state index is 13.4. The van der Waals surface area contributed by atoms with Crippen molar-refractivity contribution < 1.29 is 9.50 Å². The highest BCUT2D eigenvalue weighted by molar-refractivity contribution is 5.87. The molecule has 2 aromatic rings. The van der Waals surface area contributed by atoms with Gasteiger partial charge < -0.3 is 5.11 Å². The number of aliphatic hydroxyl groups excluding tert-OH is 1. The number of aliphatic hydroxyl groups is 1. The predicted molar refractivity (Wildman–Crippen MR) is 109 cm³/mol. The Labute approximate surface area is 152 Å². The van der Waals surface area contributed by atoms with E-state index in [2.05, 4.69) is 13.2 Å². The van der Waals surface area contributed by atoms with Crippen molar-refractivity contribution in [3.63, 3.8) is 0 Å². The number of fused-ring (bicyclic) bond motifs is 1. The Morgan fingerprint density at radius 1 is 1.08 bits per heavy atom. The number of halogens is 1. The molecule has 25 heavy (non-hydrogen) atoms. The zero-order valence-electron chi connectivity index (χ0n) is 16.4. The molecule has 2 rings (SSSR count). The Kier molecular flexibility index (Phi) is 10.4. The molecule has 2 heteroatoms. The van der Waals surface area contributed by atoms with Crippen molar-refractivity contribution in [2.45, 2.75) is 47.6 Å². The van der Waals surface area contributed by atoms with E-state index in [-0.39, 0.29) is 0 Å². The van der Waals surface area contributed by atoms with E-state index in [9.17, 15) is 9.50 Å². The molecule has 0 radical (unpaired) electrons. The zero-order valence-corrected chi connectivity index (χ0v) is 16.4. The molecule has 0 spiro atoms. The number of benzene rings is 2. The van der Waals surface area contributed by atoms with Crippen LogP contribution in [0.25, 0.3) is 10.8 Å². The van der Waals surface area contributed by atoms with E-state index in [0.29, 0.717) is 11.1 Å². The van der Waals surface area contributed by atoms with Crippen molar-refractivity contribution in [1.82, 2.24) is 0 Å². The number of hydrogen-bond acceptors (Lipinski definition) is 1. The van der Waals surface area contributed by atoms with Crippen LogP contribution in [0.4, 0.5) is 4.39 Å². The summed E-state index contributed by atoms with van der Waals surface area (Å²) in [4.78, 5) is 0. The fourth-order valence-corrected chi connectivity index (χ4v) is 2.55. The first-order valence-corrected chi connectivity index (χ1v) is 8.81. The smallest absolute Gasteiger partial charge is 0.119 e. The van der Waals surface area contributed by atoms with Gasteiger partial charge in [0.15, 0.2) is 0 Å². The first kappa shape index (κ1) is 22.8. The molecule has 0 aromatic heterocycles. The van der Waals surface area contributed by atoms with Gasteiger partial charge in [-0.2, -0.15) is 0 Å². The minimum atomic E-state index is -0.930. The van der Waals surface area contributed by atoms with Gasteiger partial charge in [-0.15, -0.1) is 0 Å². The lowest BCUT2D eigenvalue weighted by Gasteiger charge is -2.19. The Morgan fingerprint density at radius 2 is 1.64 bits per heavy atom. The molecule has 0 bridgehead atoms. The normalized spacial score (nSPS) is 12.0. The molecule has 0 saturated carbocycles. The third-order valence-electron chi connectivity index (χ3n) is 3.82. The lowest BCUT2D eigenvalue weighted by molar-refractivity contribution is 0.219. The summed E-state index contributed by atoms with van der Waals surface area (Å²) in [5.41, 5.74) is 2.51. The summed E-state index contributed by atoms with van der Waals surface area (Å²) >= 11 is 0. The van der Waals surface area contributed by atoms with Crippen LogP contribution in [-0.4, -0.2) is 5.11 Å². The molecule has 0 saturated heterocycles. The number of rotatable bonds is 4. The van der Waals surface area contributed by atoms with Gasteiger partial charge in [0.1, 0.15) is 11.9 Å². The molecule has 2 aromatic carbocycles. The van der Waals surface area contributed by atoms with E-state index in [4.69, 9.17) is 0 Å². The fraction of sp³-hybridized carbons (Fsp3) is 0.304. The van der Waals surface area contributed by atoms with Crippen molar-refractivity contribution in [2.24, 2.45) is 0 Å².